The van der Waals surface area contributed by atoms with Crippen molar-refractivity contribution < 1.29 is 14.6 Å². The summed E-state index contributed by atoms with van der Waals surface area (Å²) in [5.74, 6) is 1.60. The molecule has 108 valence electrons. The highest BCUT2D eigenvalue weighted by Gasteiger charge is 2.12. The van der Waals surface area contributed by atoms with Crippen LogP contribution in [0.25, 0.3) is 0 Å². The van der Waals surface area contributed by atoms with Crippen molar-refractivity contribution in [3.8, 4) is 11.5 Å². The number of benzene rings is 1. The molecule has 0 heterocycles. The summed E-state index contributed by atoms with van der Waals surface area (Å²) in [4.78, 5) is 0. The summed E-state index contributed by atoms with van der Waals surface area (Å²) < 4.78 is 10.6. The molecule has 2 N–H and O–H groups in total. The number of hydrogen-bond acceptors (Lipinski definition) is 4. The van der Waals surface area contributed by atoms with E-state index in [1.54, 1.807) is 14.2 Å². The second kappa shape index (κ2) is 8.02. The van der Waals surface area contributed by atoms with Gasteiger partial charge in [0.1, 0.15) is 11.5 Å². The minimum Gasteiger partial charge on any atom is -0.497 e. The maximum Gasteiger partial charge on any atom is 0.127 e. The number of methoxy groups -OCH3 is 2. The predicted octanol–water partition coefficient (Wildman–Crippen LogP) is 2.52. The highest BCUT2D eigenvalue weighted by atomic mass is 16.5. The van der Waals surface area contributed by atoms with Crippen LogP contribution in [-0.2, 0) is 0 Å². The lowest BCUT2D eigenvalue weighted by molar-refractivity contribution is 0.158. The smallest absolute Gasteiger partial charge is 0.127 e. The summed E-state index contributed by atoms with van der Waals surface area (Å²) in [6.07, 6.45) is 1.33. The number of ether oxygens (including phenoxy) is 2. The van der Waals surface area contributed by atoms with Gasteiger partial charge in [0.05, 0.1) is 20.3 Å². The van der Waals surface area contributed by atoms with E-state index < -0.39 is 0 Å². The van der Waals surface area contributed by atoms with Gasteiger partial charge in [-0.05, 0) is 32.4 Å². The second-order valence-electron chi connectivity index (χ2n) is 4.63. The van der Waals surface area contributed by atoms with Crippen LogP contribution in [0.4, 0.5) is 0 Å². The first-order chi connectivity index (χ1) is 9.12. The van der Waals surface area contributed by atoms with E-state index in [1.807, 2.05) is 25.1 Å². The number of aliphatic hydroxyl groups excluding tert-OH is 1. The monoisotopic (exact) mass is 267 g/mol. The van der Waals surface area contributed by atoms with Gasteiger partial charge >= 0.3 is 0 Å². The third-order valence-corrected chi connectivity index (χ3v) is 3.31. The zero-order chi connectivity index (χ0) is 14.3. The molecule has 0 aromatic heterocycles. The van der Waals surface area contributed by atoms with Gasteiger partial charge in [-0.1, -0.05) is 13.0 Å². The summed E-state index contributed by atoms with van der Waals surface area (Å²) >= 11 is 0. The fraction of sp³-hybridized carbons (Fsp3) is 0.600. The molecule has 0 fully saturated rings. The van der Waals surface area contributed by atoms with E-state index in [1.165, 1.54) is 0 Å². The van der Waals surface area contributed by atoms with Crippen LogP contribution in [0.3, 0.4) is 0 Å². The number of nitrogens with one attached hydrogen (secondary N) is 1. The van der Waals surface area contributed by atoms with Crippen LogP contribution < -0.4 is 14.8 Å². The molecule has 0 radical (unpaired) electrons. The van der Waals surface area contributed by atoms with Gasteiger partial charge in [0.25, 0.3) is 0 Å². The van der Waals surface area contributed by atoms with E-state index in [2.05, 4.69) is 12.2 Å². The number of rotatable bonds is 8. The molecule has 0 bridgehead atoms. The molecule has 4 heteroatoms. The molecule has 0 aliphatic carbocycles. The van der Waals surface area contributed by atoms with E-state index in [0.29, 0.717) is 0 Å². The highest BCUT2D eigenvalue weighted by Crippen LogP contribution is 2.29. The van der Waals surface area contributed by atoms with Crippen LogP contribution in [-0.4, -0.2) is 32.0 Å². The van der Waals surface area contributed by atoms with Gasteiger partial charge < -0.3 is 19.9 Å². The Balaban J connectivity index is 2.63. The van der Waals surface area contributed by atoms with E-state index >= 15 is 0 Å². The average molecular weight is 267 g/mol. The maximum atomic E-state index is 9.53. The Bertz CT molecular complexity index is 382. The third-order valence-electron chi connectivity index (χ3n) is 3.31. The zero-order valence-corrected chi connectivity index (χ0v) is 12.3. The van der Waals surface area contributed by atoms with E-state index in [9.17, 15) is 5.11 Å². The van der Waals surface area contributed by atoms with Crippen LogP contribution in [0.15, 0.2) is 18.2 Å². The lowest BCUT2D eigenvalue weighted by atomic mass is 10.1. The quantitative estimate of drug-likeness (QED) is 0.760. The fourth-order valence-corrected chi connectivity index (χ4v) is 1.96. The standard InChI is InChI=1S/C15H25NO3/c1-5-12(17)8-9-16-11(2)14-7-6-13(18-3)10-15(14)19-4/h6-7,10-12,16-17H,5,8-9H2,1-4H3. The molecule has 0 aliphatic heterocycles. The first kappa shape index (κ1) is 15.8. The molecular weight excluding hydrogens is 242 g/mol. The van der Waals surface area contributed by atoms with Gasteiger partial charge in [0.15, 0.2) is 0 Å². The number of hydrogen-bond donors (Lipinski definition) is 2. The van der Waals surface area contributed by atoms with E-state index in [4.69, 9.17) is 9.47 Å². The normalized spacial score (nSPS) is 13.9. The number of aliphatic hydroxyl groups is 1. The summed E-state index contributed by atoms with van der Waals surface area (Å²) in [5.41, 5.74) is 1.09. The summed E-state index contributed by atoms with van der Waals surface area (Å²) in [6.45, 7) is 4.86. The predicted molar refractivity (Wildman–Crippen MR) is 76.9 cm³/mol. The molecular formula is C15H25NO3. The molecule has 2 unspecified atom stereocenters. The summed E-state index contributed by atoms with van der Waals surface area (Å²) in [7, 11) is 3.30. The average Bonchev–Trinajstić information content (AvgIpc) is 2.45. The van der Waals surface area contributed by atoms with Crippen molar-refractivity contribution >= 4 is 0 Å². The molecule has 2 atom stereocenters. The lowest BCUT2D eigenvalue weighted by Crippen LogP contribution is -2.23. The Morgan fingerprint density at radius 3 is 2.58 bits per heavy atom. The van der Waals surface area contributed by atoms with E-state index in [0.717, 1.165) is 36.4 Å². The third kappa shape index (κ3) is 4.73. The molecule has 19 heavy (non-hydrogen) atoms. The first-order valence-corrected chi connectivity index (χ1v) is 6.75. The van der Waals surface area contributed by atoms with Gasteiger partial charge in [-0.25, -0.2) is 0 Å². The minimum absolute atomic E-state index is 0.171. The Morgan fingerprint density at radius 2 is 2.00 bits per heavy atom. The Morgan fingerprint density at radius 1 is 1.26 bits per heavy atom. The second-order valence-corrected chi connectivity index (χ2v) is 4.63. The summed E-state index contributed by atoms with van der Waals surface area (Å²) in [5, 5.41) is 12.9. The Hall–Kier alpha value is -1.26. The SMILES string of the molecule is CCC(O)CCNC(C)c1ccc(OC)cc1OC. The van der Waals surface area contributed by atoms with E-state index in [-0.39, 0.29) is 12.1 Å². The molecule has 0 aliphatic rings. The van der Waals surface area contributed by atoms with Gasteiger partial charge in [-0.3, -0.25) is 0 Å². The lowest BCUT2D eigenvalue weighted by Gasteiger charge is -2.18. The van der Waals surface area contributed by atoms with Crippen molar-refractivity contribution in [2.45, 2.75) is 38.8 Å². The van der Waals surface area contributed by atoms with Crippen molar-refractivity contribution in [1.29, 1.82) is 0 Å². The molecule has 0 saturated carbocycles. The van der Waals surface area contributed by atoms with Gasteiger partial charge in [0.2, 0.25) is 0 Å². The fourth-order valence-electron chi connectivity index (χ4n) is 1.96. The van der Waals surface area contributed by atoms with Crippen LogP contribution in [0, 0.1) is 0 Å². The highest BCUT2D eigenvalue weighted by molar-refractivity contribution is 5.42. The van der Waals surface area contributed by atoms with Crippen molar-refractivity contribution in [2.75, 3.05) is 20.8 Å². The molecule has 0 saturated heterocycles. The summed E-state index contributed by atoms with van der Waals surface area (Å²) in [6, 6.07) is 5.99. The zero-order valence-electron chi connectivity index (χ0n) is 12.3. The van der Waals surface area contributed by atoms with Crippen LogP contribution in [0.1, 0.15) is 38.3 Å². The molecule has 0 amide bonds. The van der Waals surface area contributed by atoms with Crippen LogP contribution >= 0.6 is 0 Å². The molecule has 4 nitrogen and oxygen atoms in total. The van der Waals surface area contributed by atoms with Gasteiger partial charge in [-0.2, -0.15) is 0 Å². The minimum atomic E-state index is -0.225. The molecule has 1 aromatic rings. The van der Waals surface area contributed by atoms with Crippen molar-refractivity contribution in [3.63, 3.8) is 0 Å². The Kier molecular flexibility index (Phi) is 6.67. The topological polar surface area (TPSA) is 50.7 Å². The first-order valence-electron chi connectivity index (χ1n) is 6.75. The van der Waals surface area contributed by atoms with Gasteiger partial charge in [0, 0.05) is 17.7 Å². The van der Waals surface area contributed by atoms with Crippen molar-refractivity contribution in [2.24, 2.45) is 0 Å². The maximum absolute atomic E-state index is 9.53. The Labute approximate surface area is 115 Å². The molecule has 1 rings (SSSR count). The molecule has 1 aromatic carbocycles. The van der Waals surface area contributed by atoms with Crippen molar-refractivity contribution in [3.05, 3.63) is 23.8 Å². The van der Waals surface area contributed by atoms with Gasteiger partial charge in [-0.15, -0.1) is 0 Å². The van der Waals surface area contributed by atoms with Crippen LogP contribution in [0.2, 0.25) is 0 Å². The molecule has 0 spiro atoms. The van der Waals surface area contributed by atoms with Crippen LogP contribution in [0.5, 0.6) is 11.5 Å². The largest absolute Gasteiger partial charge is 0.497 e. The van der Waals surface area contributed by atoms with Crippen molar-refractivity contribution in [1.82, 2.24) is 5.32 Å².